The molecular weight excluding hydrogens is 670 g/mol. The molecule has 1 saturated heterocycles. The van der Waals surface area contributed by atoms with Gasteiger partial charge in [-0.15, -0.1) is 0 Å². The van der Waals surface area contributed by atoms with Crippen LogP contribution in [0.1, 0.15) is 45.5 Å². The molecule has 10 nitrogen and oxygen atoms in total. The molecule has 10 heteroatoms. The van der Waals surface area contributed by atoms with Crippen LogP contribution in [0.5, 0.6) is 46.0 Å². The van der Waals surface area contributed by atoms with E-state index in [1.807, 2.05) is 0 Å². The summed E-state index contributed by atoms with van der Waals surface area (Å²) in [6.07, 6.45) is 3.34. The molecule has 0 aliphatic carbocycles. The Balaban J connectivity index is 1.25. The number of morpholine rings is 1. The molecule has 5 heterocycles. The lowest BCUT2D eigenvalue weighted by Crippen LogP contribution is -2.38. The Morgan fingerprint density at radius 1 is 0.660 bits per heavy atom. The van der Waals surface area contributed by atoms with Crippen LogP contribution in [0.2, 0.25) is 0 Å². The number of benzene rings is 4. The van der Waals surface area contributed by atoms with Gasteiger partial charge in [0.1, 0.15) is 12.4 Å². The van der Waals surface area contributed by atoms with Gasteiger partial charge in [0, 0.05) is 50.4 Å². The molecule has 9 rings (SSSR count). The second-order valence-electron chi connectivity index (χ2n) is 14.5. The van der Waals surface area contributed by atoms with Crippen molar-refractivity contribution in [1.82, 2.24) is 14.7 Å². The Labute approximate surface area is 313 Å². The highest BCUT2D eigenvalue weighted by Crippen LogP contribution is 2.52. The number of hydrogen-bond acceptors (Lipinski definition) is 10. The van der Waals surface area contributed by atoms with Gasteiger partial charge in [0.2, 0.25) is 5.75 Å². The minimum atomic E-state index is -0.0184. The van der Waals surface area contributed by atoms with Crippen molar-refractivity contribution < 1.29 is 33.2 Å². The van der Waals surface area contributed by atoms with E-state index in [0.29, 0.717) is 47.5 Å². The SMILES string of the molecule is COc1cc2c3cc1Oc1c(OC)c(OC)cc4c1[C@@H](Cc1ccc(OCCN5CCOCC5)c(c1)Oc1ccc(cc1)C[C@@H]3N(C)CC2)N(C)CC4. The summed E-state index contributed by atoms with van der Waals surface area (Å²) in [6.45, 7) is 6.62. The normalized spacial score (nSPS) is 20.3. The van der Waals surface area contributed by atoms with Crippen LogP contribution in [0.25, 0.3) is 0 Å². The third kappa shape index (κ3) is 7.25. The zero-order chi connectivity index (χ0) is 36.5. The van der Waals surface area contributed by atoms with Gasteiger partial charge in [0.15, 0.2) is 34.5 Å². The molecule has 4 aromatic rings. The first kappa shape index (κ1) is 35.5. The van der Waals surface area contributed by atoms with Crippen molar-refractivity contribution in [1.29, 1.82) is 0 Å². The number of nitrogens with zero attached hydrogens (tertiary/aromatic N) is 3. The molecule has 0 spiro atoms. The number of likely N-dealkylation sites (N-methyl/N-ethyl adjacent to an activating group) is 2. The van der Waals surface area contributed by atoms with Crippen molar-refractivity contribution in [3.05, 3.63) is 94.0 Å². The fourth-order valence-electron chi connectivity index (χ4n) is 8.34. The minimum absolute atomic E-state index is 0.0184. The molecule has 0 N–H and O–H groups in total. The molecule has 0 amide bonds. The molecule has 0 saturated carbocycles. The highest BCUT2D eigenvalue weighted by molar-refractivity contribution is 5.64. The minimum Gasteiger partial charge on any atom is -0.493 e. The number of ether oxygens (including phenoxy) is 7. The Hall–Kier alpha value is -4.48. The van der Waals surface area contributed by atoms with Crippen LogP contribution in [-0.2, 0) is 30.4 Å². The van der Waals surface area contributed by atoms with Crippen molar-refractivity contribution in [3.8, 4) is 46.0 Å². The fourth-order valence-corrected chi connectivity index (χ4v) is 8.34. The summed E-state index contributed by atoms with van der Waals surface area (Å²) in [7, 11) is 9.46. The van der Waals surface area contributed by atoms with E-state index in [1.54, 1.807) is 21.3 Å². The third-order valence-electron chi connectivity index (χ3n) is 11.4. The molecule has 2 atom stereocenters. The van der Waals surface area contributed by atoms with E-state index in [-0.39, 0.29) is 12.1 Å². The first-order valence-corrected chi connectivity index (χ1v) is 18.8. The Kier molecular flexibility index (Phi) is 10.4. The molecule has 0 radical (unpaired) electrons. The first-order valence-electron chi connectivity index (χ1n) is 18.8. The smallest absolute Gasteiger partial charge is 0.204 e. The second kappa shape index (κ2) is 15.5. The third-order valence-corrected chi connectivity index (χ3v) is 11.4. The van der Waals surface area contributed by atoms with Crippen LogP contribution < -0.4 is 28.4 Å². The summed E-state index contributed by atoms with van der Waals surface area (Å²) in [5, 5.41) is 0. The zero-order valence-electron chi connectivity index (χ0n) is 31.6. The van der Waals surface area contributed by atoms with E-state index in [4.69, 9.17) is 33.2 Å². The lowest BCUT2D eigenvalue weighted by molar-refractivity contribution is 0.0321. The lowest BCUT2D eigenvalue weighted by atomic mass is 9.87. The maximum absolute atomic E-state index is 7.09. The summed E-state index contributed by atoms with van der Waals surface area (Å²) in [5.41, 5.74) is 7.16. The van der Waals surface area contributed by atoms with E-state index in [1.165, 1.54) is 22.3 Å². The van der Waals surface area contributed by atoms with Gasteiger partial charge in [-0.1, -0.05) is 18.2 Å². The maximum atomic E-state index is 7.09. The molecule has 1 fully saturated rings. The molecule has 6 bridgehead atoms. The Morgan fingerprint density at radius 3 is 2.09 bits per heavy atom. The molecule has 0 aromatic heterocycles. The van der Waals surface area contributed by atoms with Crippen molar-refractivity contribution in [3.63, 3.8) is 0 Å². The average Bonchev–Trinajstić information content (AvgIpc) is 3.18. The van der Waals surface area contributed by atoms with Gasteiger partial charge in [-0.3, -0.25) is 14.7 Å². The predicted molar refractivity (Wildman–Crippen MR) is 204 cm³/mol. The van der Waals surface area contributed by atoms with Crippen LogP contribution in [-0.4, -0.2) is 103 Å². The van der Waals surface area contributed by atoms with Gasteiger partial charge in [0.05, 0.1) is 34.5 Å². The highest BCUT2D eigenvalue weighted by Gasteiger charge is 2.35. The quantitative estimate of drug-likeness (QED) is 0.202. The van der Waals surface area contributed by atoms with Crippen molar-refractivity contribution in [2.45, 2.75) is 37.8 Å². The second-order valence-corrected chi connectivity index (χ2v) is 14.5. The molecule has 4 aromatic carbocycles. The van der Waals surface area contributed by atoms with Crippen LogP contribution in [0.4, 0.5) is 0 Å². The Morgan fingerprint density at radius 2 is 1.34 bits per heavy atom. The van der Waals surface area contributed by atoms with Crippen LogP contribution in [0.3, 0.4) is 0 Å². The van der Waals surface area contributed by atoms with E-state index in [0.717, 1.165) is 87.8 Å². The van der Waals surface area contributed by atoms with Gasteiger partial charge in [-0.05, 0) is 110 Å². The topological polar surface area (TPSA) is 74.3 Å². The zero-order valence-corrected chi connectivity index (χ0v) is 31.6. The predicted octanol–water partition coefficient (Wildman–Crippen LogP) is 6.86. The summed E-state index contributed by atoms with van der Waals surface area (Å²) in [4.78, 5) is 7.22. The molecule has 5 aliphatic heterocycles. The Bertz CT molecular complexity index is 1930. The summed E-state index contributed by atoms with van der Waals surface area (Å²) in [6, 6.07) is 21.5. The number of hydrogen-bond donors (Lipinski definition) is 0. The van der Waals surface area contributed by atoms with Crippen LogP contribution >= 0.6 is 0 Å². The van der Waals surface area contributed by atoms with E-state index < -0.39 is 0 Å². The molecular formula is C43H51N3O7. The monoisotopic (exact) mass is 721 g/mol. The largest absolute Gasteiger partial charge is 0.493 e. The van der Waals surface area contributed by atoms with Crippen molar-refractivity contribution in [2.24, 2.45) is 0 Å². The fraction of sp³-hybridized carbons (Fsp3) is 0.442. The highest BCUT2D eigenvalue weighted by atomic mass is 16.5. The molecule has 5 aliphatic rings. The van der Waals surface area contributed by atoms with Crippen molar-refractivity contribution >= 4 is 0 Å². The lowest BCUT2D eigenvalue weighted by Gasteiger charge is -2.37. The van der Waals surface area contributed by atoms with Gasteiger partial charge >= 0.3 is 0 Å². The summed E-state index contributed by atoms with van der Waals surface area (Å²) >= 11 is 0. The van der Waals surface area contributed by atoms with Gasteiger partial charge in [-0.2, -0.15) is 0 Å². The molecule has 0 unspecified atom stereocenters. The van der Waals surface area contributed by atoms with Crippen LogP contribution in [0, 0.1) is 0 Å². The van der Waals surface area contributed by atoms with E-state index in [9.17, 15) is 0 Å². The van der Waals surface area contributed by atoms with Crippen molar-refractivity contribution in [2.75, 3.05) is 88.0 Å². The molecule has 53 heavy (non-hydrogen) atoms. The van der Waals surface area contributed by atoms with Gasteiger partial charge in [-0.25, -0.2) is 0 Å². The average molecular weight is 722 g/mol. The number of rotatable bonds is 7. The standard InChI is InChI=1S/C43H51N3O7/c1-44-14-12-30-25-37(47-3)39-27-33(30)34(44)22-28-6-9-32(10-7-28)52-38-24-29(8-11-36(38)51-21-18-46-16-19-50-20-17-46)23-35-41-31(13-15-45(35)2)26-40(48-4)42(49-5)43(41)53-39/h6-11,24-27,34-35H,12-23H2,1-5H3/t34-,35+/m0/s1. The van der Waals surface area contributed by atoms with E-state index in [2.05, 4.69) is 89.5 Å². The first-order chi connectivity index (χ1) is 25.9. The summed E-state index contributed by atoms with van der Waals surface area (Å²) < 4.78 is 43.8. The maximum Gasteiger partial charge on any atom is 0.204 e. The summed E-state index contributed by atoms with van der Waals surface area (Å²) in [5.74, 6) is 5.47. The number of methoxy groups -OCH3 is 3. The number of fused-ring (bicyclic) bond motifs is 2. The van der Waals surface area contributed by atoms with Gasteiger partial charge < -0.3 is 33.2 Å². The molecule has 280 valence electrons. The van der Waals surface area contributed by atoms with E-state index >= 15 is 0 Å². The van der Waals surface area contributed by atoms with Crippen LogP contribution in [0.15, 0.2) is 60.7 Å². The van der Waals surface area contributed by atoms with Gasteiger partial charge in [0.25, 0.3) is 0 Å².